The molecule has 0 aliphatic carbocycles. The fourth-order valence-corrected chi connectivity index (χ4v) is 0. The molecule has 0 bridgehead atoms. The van der Waals surface area contributed by atoms with Crippen molar-refractivity contribution in [2.75, 3.05) is 0 Å². The number of aliphatic hydroxyl groups excluding tert-OH is 4. The first-order chi connectivity index (χ1) is 5.29. The first-order valence-electron chi connectivity index (χ1n) is 2.73. The van der Waals surface area contributed by atoms with E-state index in [-0.39, 0.29) is 17.1 Å². The van der Waals surface area contributed by atoms with Gasteiger partial charge in [-0.25, -0.2) is 0 Å². The van der Waals surface area contributed by atoms with Crippen LogP contribution in [0.15, 0.2) is 0 Å². The Hall–Kier alpha value is 0.199. The van der Waals surface area contributed by atoms with Crippen LogP contribution in [0.5, 0.6) is 0 Å². The van der Waals surface area contributed by atoms with Crippen molar-refractivity contribution in [3.8, 4) is 0 Å². The molecule has 0 atom stereocenters. The molecule has 0 amide bonds. The van der Waals surface area contributed by atoms with Crippen molar-refractivity contribution in [1.82, 2.24) is 0 Å². The summed E-state index contributed by atoms with van der Waals surface area (Å²) in [4.78, 5) is 0. The van der Waals surface area contributed by atoms with Crippen LogP contribution in [0.25, 0.3) is 0 Å². The van der Waals surface area contributed by atoms with Crippen LogP contribution in [-0.4, -0.2) is 66.0 Å². The first kappa shape index (κ1) is 18.9. The van der Waals surface area contributed by atoms with E-state index in [0.29, 0.717) is 0 Å². The van der Waals surface area contributed by atoms with Crippen LogP contribution in [0.4, 0.5) is 0 Å². The van der Waals surface area contributed by atoms with Crippen LogP contribution < -0.4 is 0 Å². The summed E-state index contributed by atoms with van der Waals surface area (Å²) in [5.41, 5.74) is 0. The minimum atomic E-state index is -2.04. The predicted molar refractivity (Wildman–Crippen MR) is 32.9 cm³/mol. The molecule has 0 rings (SSSR count). The van der Waals surface area contributed by atoms with Gasteiger partial charge < -0.3 is 40.9 Å². The fourth-order valence-electron chi connectivity index (χ4n) is 0. The Morgan fingerprint density at radius 3 is 0.462 bits per heavy atom. The van der Waals surface area contributed by atoms with Crippen molar-refractivity contribution >= 4 is 0 Å². The Morgan fingerprint density at radius 1 is 0.385 bits per heavy atom. The van der Waals surface area contributed by atoms with Gasteiger partial charge in [-0.2, -0.15) is 0 Å². The van der Waals surface area contributed by atoms with Crippen molar-refractivity contribution < 1.29 is 57.9 Å². The summed E-state index contributed by atoms with van der Waals surface area (Å²) in [6, 6.07) is 0. The molecule has 0 radical (unpaired) electrons. The van der Waals surface area contributed by atoms with Gasteiger partial charge in [0.1, 0.15) is 0 Å². The van der Waals surface area contributed by atoms with Crippen LogP contribution in [0, 0.1) is 0 Å². The smallest absolute Gasteiger partial charge is 0.364 e. The topological polar surface area (TPSA) is 162 Å². The zero-order chi connectivity index (χ0) is 10.3. The van der Waals surface area contributed by atoms with E-state index in [1.165, 1.54) is 0 Å². The number of hydrogen-bond donors (Lipinski definition) is 8. The fraction of sp³-hybridized carbons (Fsp3) is 1.00. The Bertz CT molecular complexity index is 70.1. The van der Waals surface area contributed by atoms with E-state index in [0.717, 1.165) is 0 Å². The van der Waals surface area contributed by atoms with Crippen LogP contribution in [0.1, 0.15) is 0 Å². The van der Waals surface area contributed by atoms with Gasteiger partial charge in [0.15, 0.2) is 0 Å². The summed E-state index contributed by atoms with van der Waals surface area (Å²) in [5.74, 6) is 0. The zero-order valence-corrected chi connectivity index (χ0v) is 7.34. The minimum absolute atomic E-state index is 0. The Morgan fingerprint density at radius 2 is 0.462 bits per heavy atom. The average Bonchev–Trinajstić information content (AvgIpc) is 1.88. The van der Waals surface area contributed by atoms with Gasteiger partial charge in [-0.15, -0.1) is 0 Å². The molecule has 0 saturated heterocycles. The Labute approximate surface area is 83.8 Å². The molecule has 0 heterocycles. The van der Waals surface area contributed by atoms with Gasteiger partial charge in [-0.3, -0.25) is 0 Å². The van der Waals surface area contributed by atoms with E-state index in [4.69, 9.17) is 40.9 Å². The summed E-state index contributed by atoms with van der Waals surface area (Å²) >= 11 is 0. The Balaban J connectivity index is -0.000000143. The molecule has 0 spiro atoms. The van der Waals surface area contributed by atoms with Crippen molar-refractivity contribution in [2.24, 2.45) is 0 Å². The standard InChI is InChI=1S/2C2H6O4.Fe/c2*3-1(4)2(5)6;/h2*1-6H;/q;;+2. The Kier molecular flexibility index (Phi) is 14.9. The van der Waals surface area contributed by atoms with E-state index in [2.05, 4.69) is 0 Å². The van der Waals surface area contributed by atoms with Crippen LogP contribution in [-0.2, 0) is 17.1 Å². The van der Waals surface area contributed by atoms with Crippen molar-refractivity contribution in [2.45, 2.75) is 25.2 Å². The molecule has 0 unspecified atom stereocenters. The van der Waals surface area contributed by atoms with Crippen LogP contribution >= 0.6 is 0 Å². The third kappa shape index (κ3) is 18.9. The largest absolute Gasteiger partial charge is 2.00 e. The number of aliphatic hydroxyl groups is 8. The molecule has 9 heteroatoms. The van der Waals surface area contributed by atoms with Crippen molar-refractivity contribution in [3.63, 3.8) is 0 Å². The zero-order valence-electron chi connectivity index (χ0n) is 6.24. The monoisotopic (exact) mass is 244 g/mol. The average molecular weight is 244 g/mol. The molecule has 8 N–H and O–H groups in total. The van der Waals surface area contributed by atoms with Gasteiger partial charge >= 0.3 is 17.1 Å². The molecule has 0 aromatic rings. The van der Waals surface area contributed by atoms with Gasteiger partial charge in [0.2, 0.25) is 25.2 Å². The molecule has 13 heavy (non-hydrogen) atoms. The third-order valence-corrected chi connectivity index (χ3v) is 0.533. The number of rotatable bonds is 2. The maximum absolute atomic E-state index is 7.69. The summed E-state index contributed by atoms with van der Waals surface area (Å²) in [6.07, 6.45) is -8.15. The summed E-state index contributed by atoms with van der Waals surface area (Å²) < 4.78 is 0. The number of hydrogen-bond acceptors (Lipinski definition) is 8. The predicted octanol–water partition coefficient (Wildman–Crippen LogP) is -4.79. The molecule has 0 aromatic carbocycles. The third-order valence-electron chi connectivity index (χ3n) is 0.533. The summed E-state index contributed by atoms with van der Waals surface area (Å²) in [5, 5.41) is 61.5. The van der Waals surface area contributed by atoms with E-state index >= 15 is 0 Å². The molecule has 0 aliphatic rings. The van der Waals surface area contributed by atoms with Crippen LogP contribution in [0.3, 0.4) is 0 Å². The molecule has 8 nitrogen and oxygen atoms in total. The van der Waals surface area contributed by atoms with Crippen LogP contribution in [0.2, 0.25) is 0 Å². The SMILES string of the molecule is OC(O)C(O)O.OC(O)C(O)O.[Fe+2]. The maximum atomic E-state index is 7.69. The van der Waals surface area contributed by atoms with E-state index < -0.39 is 25.2 Å². The van der Waals surface area contributed by atoms with E-state index in [1.54, 1.807) is 0 Å². The minimum Gasteiger partial charge on any atom is -0.364 e. The molecular weight excluding hydrogens is 232 g/mol. The van der Waals surface area contributed by atoms with Crippen molar-refractivity contribution in [3.05, 3.63) is 0 Å². The van der Waals surface area contributed by atoms with Gasteiger partial charge in [0.25, 0.3) is 0 Å². The summed E-state index contributed by atoms with van der Waals surface area (Å²) in [6.45, 7) is 0. The van der Waals surface area contributed by atoms with Gasteiger partial charge in [-0.05, 0) is 0 Å². The molecule has 0 aliphatic heterocycles. The quantitative estimate of drug-likeness (QED) is 0.177. The molecule has 0 fully saturated rings. The molecule has 0 saturated carbocycles. The maximum Gasteiger partial charge on any atom is 2.00 e. The molecule has 0 aromatic heterocycles. The molecule has 82 valence electrons. The van der Waals surface area contributed by atoms with E-state index in [1.807, 2.05) is 0 Å². The van der Waals surface area contributed by atoms with Gasteiger partial charge in [0, 0.05) is 0 Å². The second-order valence-electron chi connectivity index (χ2n) is 1.65. The summed E-state index contributed by atoms with van der Waals surface area (Å²) in [7, 11) is 0. The van der Waals surface area contributed by atoms with Gasteiger partial charge in [-0.1, -0.05) is 0 Å². The molecular formula is C4H12FeO8+2. The second kappa shape index (κ2) is 10.3. The van der Waals surface area contributed by atoms with Gasteiger partial charge in [0.05, 0.1) is 0 Å². The van der Waals surface area contributed by atoms with E-state index in [9.17, 15) is 0 Å². The van der Waals surface area contributed by atoms with Crippen molar-refractivity contribution in [1.29, 1.82) is 0 Å². The second-order valence-corrected chi connectivity index (χ2v) is 1.65. The normalized spacial score (nSPS) is 10.2. The first-order valence-corrected chi connectivity index (χ1v) is 2.73.